The number of nitrogens with zero attached hydrogens (tertiary/aromatic N) is 6. The number of likely N-dealkylation sites (N-methyl/N-ethyl adjacent to an activating group) is 1. The van der Waals surface area contributed by atoms with Crippen LogP contribution >= 0.6 is 0 Å². The largest absolute Gasteiger partial charge is 0.464 e. The first kappa shape index (κ1) is 22.3. The first-order valence-electron chi connectivity index (χ1n) is 10.9. The number of piperazine rings is 1. The van der Waals surface area contributed by atoms with Crippen molar-refractivity contribution in [3.8, 4) is 6.01 Å². The molecule has 1 unspecified atom stereocenters. The van der Waals surface area contributed by atoms with Crippen LogP contribution in [0.25, 0.3) is 0 Å². The molecule has 0 saturated carbocycles. The summed E-state index contributed by atoms with van der Waals surface area (Å²) in [6, 6.07) is 0.475. The molecule has 2 aliphatic heterocycles. The second kappa shape index (κ2) is 8.19. The number of nitrogens with one attached hydrogen (secondary N) is 2. The van der Waals surface area contributed by atoms with E-state index < -0.39 is 11.4 Å². The maximum Gasteiger partial charge on any atom is 0.321 e. The Morgan fingerprint density at radius 2 is 2.06 bits per heavy atom. The Kier molecular flexibility index (Phi) is 5.70. The predicted octanol–water partition coefficient (Wildman–Crippen LogP) is 2.68. The van der Waals surface area contributed by atoms with Gasteiger partial charge in [-0.2, -0.15) is 10.1 Å². The fourth-order valence-electron chi connectivity index (χ4n) is 4.40. The summed E-state index contributed by atoms with van der Waals surface area (Å²) in [7, 11) is 2.08. The fourth-order valence-corrected chi connectivity index (χ4v) is 4.40. The van der Waals surface area contributed by atoms with Gasteiger partial charge in [0.2, 0.25) is 0 Å². The normalized spacial score (nSPS) is 22.7. The van der Waals surface area contributed by atoms with Crippen LogP contribution in [0.4, 0.5) is 20.8 Å². The van der Waals surface area contributed by atoms with Crippen LogP contribution < -0.4 is 10.1 Å². The number of aromatic amines is 1. The summed E-state index contributed by atoms with van der Waals surface area (Å²) in [5, 5.41) is 10.3. The maximum absolute atomic E-state index is 14.3. The number of carbonyl (C=O) groups is 1. The summed E-state index contributed by atoms with van der Waals surface area (Å²) in [6.07, 6.45) is 1.06. The monoisotopic (exact) mass is 446 g/mol. The Labute approximate surface area is 187 Å². The van der Waals surface area contributed by atoms with E-state index in [-0.39, 0.29) is 29.9 Å². The molecule has 10 nitrogen and oxygen atoms in total. The van der Waals surface area contributed by atoms with Gasteiger partial charge in [0.15, 0.2) is 17.5 Å². The molecule has 0 bridgehead atoms. The average Bonchev–Trinajstić information content (AvgIpc) is 3.25. The van der Waals surface area contributed by atoms with E-state index in [9.17, 15) is 9.18 Å². The van der Waals surface area contributed by atoms with E-state index in [1.165, 1.54) is 0 Å². The summed E-state index contributed by atoms with van der Waals surface area (Å²) in [5.41, 5.74) is 1.05. The molecule has 0 aromatic carbocycles. The van der Waals surface area contributed by atoms with Gasteiger partial charge in [0.25, 0.3) is 0 Å². The van der Waals surface area contributed by atoms with E-state index in [2.05, 4.69) is 51.3 Å². The third kappa shape index (κ3) is 3.74. The van der Waals surface area contributed by atoms with Crippen LogP contribution in [-0.4, -0.2) is 79.7 Å². The molecule has 1 fully saturated rings. The summed E-state index contributed by atoms with van der Waals surface area (Å²) in [5.74, 6) is -0.208. The molecule has 2 aromatic heterocycles. The molecule has 0 spiro atoms. The second-order valence-corrected chi connectivity index (χ2v) is 9.05. The molecule has 4 rings (SSSR count). The topological polar surface area (TPSA) is 103 Å². The minimum absolute atomic E-state index is 0.00940. The second-order valence-electron chi connectivity index (χ2n) is 9.05. The lowest BCUT2D eigenvalue weighted by Crippen LogP contribution is -2.60. The van der Waals surface area contributed by atoms with Crippen molar-refractivity contribution in [3.63, 3.8) is 0 Å². The number of halogens is 1. The van der Waals surface area contributed by atoms with Gasteiger partial charge < -0.3 is 19.9 Å². The third-order valence-electron chi connectivity index (χ3n) is 6.48. The van der Waals surface area contributed by atoms with Crippen LogP contribution in [-0.2, 0) is 12.1 Å². The van der Waals surface area contributed by atoms with Gasteiger partial charge in [0, 0.05) is 30.7 Å². The Bertz CT molecular complexity index is 1010. The third-order valence-corrected chi connectivity index (χ3v) is 6.48. The van der Waals surface area contributed by atoms with Crippen LogP contribution in [0.2, 0.25) is 0 Å². The Morgan fingerprint density at radius 3 is 2.78 bits per heavy atom. The lowest BCUT2D eigenvalue weighted by atomic mass is 10.0. The highest BCUT2D eigenvalue weighted by Gasteiger charge is 2.46. The maximum atomic E-state index is 14.3. The summed E-state index contributed by atoms with van der Waals surface area (Å²) in [6.45, 7) is 12.2. The van der Waals surface area contributed by atoms with Crippen molar-refractivity contribution in [1.29, 1.82) is 0 Å². The van der Waals surface area contributed by atoms with Crippen LogP contribution in [0, 0.1) is 5.82 Å². The van der Waals surface area contributed by atoms with Crippen molar-refractivity contribution in [1.82, 2.24) is 34.9 Å². The molecule has 2 amide bonds. The van der Waals surface area contributed by atoms with Crippen molar-refractivity contribution in [2.75, 3.05) is 32.1 Å². The molecule has 2 aliphatic rings. The number of ether oxygens (including phenoxy) is 1. The van der Waals surface area contributed by atoms with E-state index >= 15 is 0 Å². The van der Waals surface area contributed by atoms with Gasteiger partial charge in [0.1, 0.15) is 0 Å². The van der Waals surface area contributed by atoms with Gasteiger partial charge >= 0.3 is 12.0 Å². The quantitative estimate of drug-likeness (QED) is 0.744. The molecular weight excluding hydrogens is 415 g/mol. The number of hydrogen-bond acceptors (Lipinski definition) is 7. The lowest BCUT2D eigenvalue weighted by molar-refractivity contribution is 0.0457. The number of anilines is 2. The molecule has 0 radical (unpaired) electrons. The van der Waals surface area contributed by atoms with Crippen LogP contribution in [0.15, 0.2) is 6.20 Å². The SMILES string of the molecule is CCOc1ncc(F)c(Nc2n[nH]c3c2CN(C(=O)N2CC(C)N(C)C[C@@H]2C)C3(C)C)n1. The lowest BCUT2D eigenvalue weighted by Gasteiger charge is -2.45. The zero-order chi connectivity index (χ0) is 23.2. The van der Waals surface area contributed by atoms with Crippen molar-refractivity contribution in [2.24, 2.45) is 0 Å². The van der Waals surface area contributed by atoms with E-state index in [1.54, 1.807) is 6.92 Å². The zero-order valence-electron chi connectivity index (χ0n) is 19.4. The summed E-state index contributed by atoms with van der Waals surface area (Å²) < 4.78 is 19.6. The summed E-state index contributed by atoms with van der Waals surface area (Å²) >= 11 is 0. The molecule has 1 saturated heterocycles. The molecule has 11 heteroatoms. The van der Waals surface area contributed by atoms with Gasteiger partial charge in [-0.15, -0.1) is 0 Å². The minimum Gasteiger partial charge on any atom is -0.464 e. The van der Waals surface area contributed by atoms with Gasteiger partial charge in [-0.05, 0) is 41.7 Å². The molecule has 2 atom stereocenters. The van der Waals surface area contributed by atoms with E-state index in [0.717, 1.165) is 24.0 Å². The van der Waals surface area contributed by atoms with Crippen LogP contribution in [0.1, 0.15) is 45.9 Å². The van der Waals surface area contributed by atoms with Gasteiger partial charge in [0.05, 0.1) is 30.6 Å². The number of H-pyrrole nitrogens is 1. The number of carbonyl (C=O) groups excluding carboxylic acids is 1. The van der Waals surface area contributed by atoms with Crippen molar-refractivity contribution < 1.29 is 13.9 Å². The van der Waals surface area contributed by atoms with Crippen LogP contribution in [0.3, 0.4) is 0 Å². The van der Waals surface area contributed by atoms with Crippen molar-refractivity contribution in [2.45, 2.75) is 58.8 Å². The number of fused-ring (bicyclic) bond motifs is 1. The molecular formula is C21H31FN8O2. The minimum atomic E-state index is -0.615. The molecule has 4 heterocycles. The van der Waals surface area contributed by atoms with Crippen molar-refractivity contribution in [3.05, 3.63) is 23.3 Å². The highest BCUT2D eigenvalue weighted by molar-refractivity contribution is 5.78. The van der Waals surface area contributed by atoms with E-state index in [1.807, 2.05) is 23.6 Å². The highest BCUT2D eigenvalue weighted by Crippen LogP contribution is 2.42. The first-order valence-corrected chi connectivity index (χ1v) is 10.9. The van der Waals surface area contributed by atoms with E-state index in [0.29, 0.717) is 25.5 Å². The Morgan fingerprint density at radius 1 is 1.31 bits per heavy atom. The molecule has 2 N–H and O–H groups in total. The molecule has 32 heavy (non-hydrogen) atoms. The number of hydrogen-bond donors (Lipinski definition) is 2. The Balaban J connectivity index is 1.58. The molecule has 174 valence electrons. The molecule has 0 aliphatic carbocycles. The molecule has 2 aromatic rings. The Hall–Kier alpha value is -2.95. The number of aromatic nitrogens is 4. The number of rotatable bonds is 4. The standard InChI is InChI=1S/C21H31FN8O2/c1-7-32-19-23-8-15(22)18(25-19)24-17-14-11-30(21(4,5)16(14)26-27-17)20(31)29-10-12(2)28(6)9-13(29)3/h8,12-13H,7,9-11H2,1-6H3,(H2,23,24,25,26,27)/t12?,13-/m0/s1. The van der Waals surface area contributed by atoms with Crippen LogP contribution in [0.5, 0.6) is 6.01 Å². The number of amides is 2. The van der Waals surface area contributed by atoms with E-state index in [4.69, 9.17) is 4.74 Å². The van der Waals surface area contributed by atoms with Gasteiger partial charge in [-0.25, -0.2) is 14.2 Å². The average molecular weight is 447 g/mol. The number of urea groups is 1. The smallest absolute Gasteiger partial charge is 0.321 e. The highest BCUT2D eigenvalue weighted by atomic mass is 19.1. The summed E-state index contributed by atoms with van der Waals surface area (Å²) in [4.78, 5) is 27.5. The van der Waals surface area contributed by atoms with Gasteiger partial charge in [-0.3, -0.25) is 10.00 Å². The first-order chi connectivity index (χ1) is 15.1. The van der Waals surface area contributed by atoms with Gasteiger partial charge in [-0.1, -0.05) is 0 Å². The zero-order valence-corrected chi connectivity index (χ0v) is 19.4. The predicted molar refractivity (Wildman–Crippen MR) is 117 cm³/mol. The van der Waals surface area contributed by atoms with Crippen molar-refractivity contribution >= 4 is 17.7 Å². The fraction of sp³-hybridized carbons (Fsp3) is 0.619.